The number of rotatable bonds is 4. The van der Waals surface area contributed by atoms with Crippen LogP contribution in [0.15, 0.2) is 48.9 Å². The van der Waals surface area contributed by atoms with Gasteiger partial charge in [-0.05, 0) is 37.6 Å². The van der Waals surface area contributed by atoms with Crippen molar-refractivity contribution in [2.24, 2.45) is 0 Å². The molecule has 0 spiro atoms. The molecule has 2 aromatic heterocycles. The lowest BCUT2D eigenvalue weighted by atomic mass is 10.1. The van der Waals surface area contributed by atoms with Crippen molar-refractivity contribution in [1.82, 2.24) is 19.6 Å². The minimum absolute atomic E-state index is 0.377. The maximum Gasteiger partial charge on any atom is 0.0850 e. The van der Waals surface area contributed by atoms with E-state index in [0.717, 1.165) is 22.5 Å². The molecule has 3 aromatic rings. The van der Waals surface area contributed by atoms with E-state index in [-0.39, 0.29) is 0 Å². The van der Waals surface area contributed by atoms with Crippen LogP contribution in [0.5, 0.6) is 0 Å². The molecule has 0 fully saturated rings. The Morgan fingerprint density at radius 1 is 1.10 bits per heavy atom. The predicted octanol–water partition coefficient (Wildman–Crippen LogP) is 2.96. The van der Waals surface area contributed by atoms with Crippen LogP contribution in [0, 0.1) is 0 Å². The molecule has 0 bridgehead atoms. The third kappa shape index (κ3) is 2.97. The molecule has 0 aliphatic rings. The van der Waals surface area contributed by atoms with Crippen molar-refractivity contribution in [1.29, 1.82) is 0 Å². The lowest BCUT2D eigenvalue weighted by molar-refractivity contribution is 0.521. The molecule has 0 aliphatic heterocycles. The number of nitrogens with zero attached hydrogens (tertiary/aromatic N) is 4. The van der Waals surface area contributed by atoms with Crippen LogP contribution >= 0.6 is 0 Å². The van der Waals surface area contributed by atoms with E-state index < -0.39 is 0 Å². The first-order valence-electron chi connectivity index (χ1n) is 7.04. The van der Waals surface area contributed by atoms with Gasteiger partial charge in [-0.1, -0.05) is 12.1 Å². The summed E-state index contributed by atoms with van der Waals surface area (Å²) >= 11 is 0. The van der Waals surface area contributed by atoms with Crippen LogP contribution in [0.25, 0.3) is 11.1 Å². The first kappa shape index (κ1) is 13.4. The van der Waals surface area contributed by atoms with Crippen LogP contribution < -0.4 is 5.73 Å². The second-order valence-corrected chi connectivity index (χ2v) is 5.43. The molecule has 0 radical (unpaired) electrons. The summed E-state index contributed by atoms with van der Waals surface area (Å²) in [4.78, 5) is 0. The molecular formula is C16H19N5. The van der Waals surface area contributed by atoms with Gasteiger partial charge in [0.1, 0.15) is 0 Å². The largest absolute Gasteiger partial charge is 0.399 e. The number of nitrogens with two attached hydrogens (primary N) is 1. The number of hydrogen-bond donors (Lipinski definition) is 1. The van der Waals surface area contributed by atoms with E-state index >= 15 is 0 Å². The maximum atomic E-state index is 5.71. The van der Waals surface area contributed by atoms with Crippen molar-refractivity contribution in [2.75, 3.05) is 5.73 Å². The highest BCUT2D eigenvalue weighted by Gasteiger charge is 2.05. The third-order valence-electron chi connectivity index (χ3n) is 3.39. The Labute approximate surface area is 124 Å². The van der Waals surface area contributed by atoms with Gasteiger partial charge in [0.15, 0.2) is 0 Å². The zero-order valence-electron chi connectivity index (χ0n) is 12.3. The molecule has 0 unspecified atom stereocenters. The van der Waals surface area contributed by atoms with E-state index in [1.54, 1.807) is 0 Å². The highest BCUT2D eigenvalue weighted by molar-refractivity contribution is 5.63. The van der Waals surface area contributed by atoms with Crippen LogP contribution in [0.1, 0.15) is 25.6 Å². The molecule has 5 nitrogen and oxygen atoms in total. The van der Waals surface area contributed by atoms with E-state index in [0.29, 0.717) is 12.6 Å². The van der Waals surface area contributed by atoms with Gasteiger partial charge in [0.2, 0.25) is 0 Å². The monoisotopic (exact) mass is 281 g/mol. The van der Waals surface area contributed by atoms with E-state index in [1.165, 1.54) is 0 Å². The molecule has 0 aliphatic carbocycles. The standard InChI is InChI=1S/C16H19N5/c1-12(2)21-8-7-16(19-21)11-20-10-14(9-18-20)13-3-5-15(17)6-4-13/h3-10,12H,11,17H2,1-2H3. The molecule has 5 heteroatoms. The van der Waals surface area contributed by atoms with Gasteiger partial charge in [-0.15, -0.1) is 0 Å². The van der Waals surface area contributed by atoms with Gasteiger partial charge in [0.25, 0.3) is 0 Å². The van der Waals surface area contributed by atoms with Crippen molar-refractivity contribution < 1.29 is 0 Å². The zero-order chi connectivity index (χ0) is 14.8. The molecule has 0 saturated carbocycles. The van der Waals surface area contributed by atoms with Crippen molar-refractivity contribution >= 4 is 5.69 Å². The lowest BCUT2D eigenvalue weighted by Gasteiger charge is -2.03. The number of hydrogen-bond acceptors (Lipinski definition) is 3. The minimum atomic E-state index is 0.377. The van der Waals surface area contributed by atoms with Gasteiger partial charge in [0.05, 0.1) is 18.4 Å². The second kappa shape index (κ2) is 5.44. The van der Waals surface area contributed by atoms with Crippen LogP contribution in [-0.4, -0.2) is 19.6 Å². The first-order valence-corrected chi connectivity index (χ1v) is 7.04. The number of benzene rings is 1. The Kier molecular flexibility index (Phi) is 3.48. The molecule has 0 atom stereocenters. The van der Waals surface area contributed by atoms with Gasteiger partial charge in [-0.2, -0.15) is 10.2 Å². The summed E-state index contributed by atoms with van der Waals surface area (Å²) < 4.78 is 3.86. The number of aromatic nitrogens is 4. The second-order valence-electron chi connectivity index (χ2n) is 5.43. The van der Waals surface area contributed by atoms with Gasteiger partial charge >= 0.3 is 0 Å². The van der Waals surface area contributed by atoms with Gasteiger partial charge < -0.3 is 5.73 Å². The fourth-order valence-corrected chi connectivity index (χ4v) is 2.19. The van der Waals surface area contributed by atoms with E-state index in [1.807, 2.05) is 58.3 Å². The topological polar surface area (TPSA) is 61.7 Å². The Hall–Kier alpha value is -2.56. The molecule has 0 saturated heterocycles. The first-order chi connectivity index (χ1) is 10.1. The fraction of sp³-hybridized carbons (Fsp3) is 0.250. The van der Waals surface area contributed by atoms with Crippen molar-refractivity contribution in [3.8, 4) is 11.1 Å². The van der Waals surface area contributed by atoms with Crippen molar-refractivity contribution in [3.05, 3.63) is 54.6 Å². The van der Waals surface area contributed by atoms with Gasteiger partial charge in [0, 0.05) is 29.7 Å². The quantitative estimate of drug-likeness (QED) is 0.748. The van der Waals surface area contributed by atoms with E-state index in [9.17, 15) is 0 Å². The Morgan fingerprint density at radius 2 is 1.86 bits per heavy atom. The Balaban J connectivity index is 1.76. The minimum Gasteiger partial charge on any atom is -0.399 e. The highest BCUT2D eigenvalue weighted by atomic mass is 15.3. The molecular weight excluding hydrogens is 262 g/mol. The zero-order valence-corrected chi connectivity index (χ0v) is 12.3. The number of anilines is 1. The summed E-state index contributed by atoms with van der Waals surface area (Å²) in [7, 11) is 0. The fourth-order valence-electron chi connectivity index (χ4n) is 2.19. The van der Waals surface area contributed by atoms with Crippen LogP contribution in [0.2, 0.25) is 0 Å². The maximum absolute atomic E-state index is 5.71. The van der Waals surface area contributed by atoms with E-state index in [4.69, 9.17) is 5.73 Å². The molecule has 1 aromatic carbocycles. The Bertz CT molecular complexity index is 721. The van der Waals surface area contributed by atoms with Crippen LogP contribution in [0.4, 0.5) is 5.69 Å². The van der Waals surface area contributed by atoms with Crippen molar-refractivity contribution in [2.45, 2.75) is 26.4 Å². The molecule has 2 N–H and O–H groups in total. The van der Waals surface area contributed by atoms with Crippen LogP contribution in [0.3, 0.4) is 0 Å². The lowest BCUT2D eigenvalue weighted by Crippen LogP contribution is -2.04. The number of nitrogen functional groups attached to an aromatic ring is 1. The molecule has 108 valence electrons. The van der Waals surface area contributed by atoms with E-state index in [2.05, 4.69) is 24.0 Å². The summed E-state index contributed by atoms with van der Waals surface area (Å²) in [6.07, 6.45) is 5.90. The SMILES string of the molecule is CC(C)n1ccc(Cn2cc(-c3ccc(N)cc3)cn2)n1. The van der Waals surface area contributed by atoms with Crippen molar-refractivity contribution in [3.63, 3.8) is 0 Å². The third-order valence-corrected chi connectivity index (χ3v) is 3.39. The predicted molar refractivity (Wildman–Crippen MR) is 83.8 cm³/mol. The smallest absolute Gasteiger partial charge is 0.0850 e. The normalized spacial score (nSPS) is 11.2. The average molecular weight is 281 g/mol. The van der Waals surface area contributed by atoms with Gasteiger partial charge in [-0.25, -0.2) is 0 Å². The molecule has 3 rings (SSSR count). The molecule has 0 amide bonds. The average Bonchev–Trinajstić information content (AvgIpc) is 3.10. The summed E-state index contributed by atoms with van der Waals surface area (Å²) in [5.41, 5.74) is 9.68. The molecule has 21 heavy (non-hydrogen) atoms. The summed E-state index contributed by atoms with van der Waals surface area (Å²) in [6, 6.07) is 10.2. The summed E-state index contributed by atoms with van der Waals surface area (Å²) in [5.74, 6) is 0. The molecule has 2 heterocycles. The van der Waals surface area contributed by atoms with Crippen LogP contribution in [-0.2, 0) is 6.54 Å². The van der Waals surface area contributed by atoms with Gasteiger partial charge in [-0.3, -0.25) is 9.36 Å². The summed E-state index contributed by atoms with van der Waals surface area (Å²) in [6.45, 7) is 4.91. The summed E-state index contributed by atoms with van der Waals surface area (Å²) in [5, 5.41) is 8.94. The Morgan fingerprint density at radius 3 is 2.52 bits per heavy atom. The highest BCUT2D eigenvalue weighted by Crippen LogP contribution is 2.20.